The van der Waals surface area contributed by atoms with Crippen LogP contribution in [0.1, 0.15) is 18.7 Å². The number of hydrogen-bond donors (Lipinski definition) is 0. The van der Waals surface area contributed by atoms with Gasteiger partial charge in [0.2, 0.25) is 11.7 Å². The number of rotatable bonds is 5. The molecule has 0 aromatic carbocycles. The van der Waals surface area contributed by atoms with Crippen molar-refractivity contribution in [3.63, 3.8) is 0 Å². The van der Waals surface area contributed by atoms with Crippen LogP contribution in [0.2, 0.25) is 0 Å². The highest BCUT2D eigenvalue weighted by atomic mass is 19.3. The van der Waals surface area contributed by atoms with Gasteiger partial charge in [0.25, 0.3) is 12.3 Å². The Hall–Kier alpha value is -2.85. The summed E-state index contributed by atoms with van der Waals surface area (Å²) >= 11 is 0. The Morgan fingerprint density at radius 3 is 2.69 bits per heavy atom. The molecule has 0 spiro atoms. The first-order valence-corrected chi connectivity index (χ1v) is 7.52. The van der Waals surface area contributed by atoms with Crippen LogP contribution in [-0.2, 0) is 0 Å². The van der Waals surface area contributed by atoms with Crippen molar-refractivity contribution < 1.29 is 26.7 Å². The number of halogens is 5. The zero-order valence-corrected chi connectivity index (χ0v) is 12.9. The van der Waals surface area contributed by atoms with E-state index in [0.29, 0.717) is 0 Å². The van der Waals surface area contributed by atoms with Crippen molar-refractivity contribution in [2.45, 2.75) is 18.8 Å². The molecular weight excluding hydrogens is 361 g/mol. The van der Waals surface area contributed by atoms with Crippen LogP contribution in [0, 0.1) is 11.7 Å². The Bertz CT molecular complexity index is 976. The predicted octanol–water partition coefficient (Wildman–Crippen LogP) is 3.30. The standard InChI is InChI=1S/C15H10F5N5O/c16-9-3-7(5-21-14(9)26-6-8-4-15(8,19)20)10-1-2-11-22-23-13(12(17)18)25(11)24-10/h1-3,5,8,12H,4,6H2/t8-/m1/s1. The molecule has 1 aliphatic carbocycles. The minimum absolute atomic E-state index is 0.114. The fraction of sp³-hybridized carbons (Fsp3) is 0.333. The highest BCUT2D eigenvalue weighted by Gasteiger charge is 2.57. The van der Waals surface area contributed by atoms with Gasteiger partial charge in [-0.15, -0.1) is 10.2 Å². The van der Waals surface area contributed by atoms with E-state index in [1.54, 1.807) is 0 Å². The molecule has 136 valence electrons. The summed E-state index contributed by atoms with van der Waals surface area (Å²) < 4.78 is 71.3. The Morgan fingerprint density at radius 2 is 2.04 bits per heavy atom. The first kappa shape index (κ1) is 16.6. The average Bonchev–Trinajstić information content (AvgIpc) is 3.02. The first-order chi connectivity index (χ1) is 12.3. The molecule has 4 rings (SSSR count). The summed E-state index contributed by atoms with van der Waals surface area (Å²) in [5.41, 5.74) is 0.469. The number of ether oxygens (including phenoxy) is 1. The second-order valence-corrected chi connectivity index (χ2v) is 5.83. The zero-order chi connectivity index (χ0) is 18.5. The lowest BCUT2D eigenvalue weighted by atomic mass is 10.2. The van der Waals surface area contributed by atoms with Crippen molar-refractivity contribution in [3.05, 3.63) is 36.0 Å². The lowest BCUT2D eigenvalue weighted by Crippen LogP contribution is -2.08. The summed E-state index contributed by atoms with van der Waals surface area (Å²) in [7, 11) is 0. The van der Waals surface area contributed by atoms with Gasteiger partial charge in [0.1, 0.15) is 0 Å². The van der Waals surface area contributed by atoms with Crippen LogP contribution >= 0.6 is 0 Å². The molecule has 3 aromatic heterocycles. The van der Waals surface area contributed by atoms with E-state index in [0.717, 1.165) is 10.6 Å². The van der Waals surface area contributed by atoms with Crippen LogP contribution in [-0.4, -0.2) is 37.3 Å². The highest BCUT2D eigenvalue weighted by Crippen LogP contribution is 2.48. The monoisotopic (exact) mass is 371 g/mol. The molecule has 0 N–H and O–H groups in total. The third kappa shape index (κ3) is 2.93. The maximum atomic E-state index is 14.1. The Balaban J connectivity index is 1.58. The second kappa shape index (κ2) is 5.85. The van der Waals surface area contributed by atoms with Gasteiger partial charge in [-0.1, -0.05) is 0 Å². The van der Waals surface area contributed by atoms with Crippen LogP contribution in [0.5, 0.6) is 5.88 Å². The lowest BCUT2D eigenvalue weighted by molar-refractivity contribution is 0.0842. The van der Waals surface area contributed by atoms with Gasteiger partial charge in [-0.05, 0) is 18.2 Å². The SMILES string of the molecule is Fc1cc(-c2ccc3nnc(C(F)F)n3n2)cnc1OC[C@H]1CC1(F)F. The van der Waals surface area contributed by atoms with Gasteiger partial charge in [0.15, 0.2) is 11.5 Å². The summed E-state index contributed by atoms with van der Waals surface area (Å²) in [5.74, 6) is -5.62. The topological polar surface area (TPSA) is 65.2 Å². The van der Waals surface area contributed by atoms with Gasteiger partial charge in [0, 0.05) is 18.2 Å². The summed E-state index contributed by atoms with van der Waals surface area (Å²) in [5, 5.41) is 10.9. The van der Waals surface area contributed by atoms with E-state index in [1.807, 2.05) is 0 Å². The molecule has 11 heteroatoms. The molecule has 3 heterocycles. The number of fused-ring (bicyclic) bond motifs is 1. The molecule has 0 aliphatic heterocycles. The zero-order valence-electron chi connectivity index (χ0n) is 12.9. The van der Waals surface area contributed by atoms with E-state index >= 15 is 0 Å². The van der Waals surface area contributed by atoms with E-state index < -0.39 is 35.8 Å². The molecule has 0 unspecified atom stereocenters. The smallest absolute Gasteiger partial charge is 0.299 e. The largest absolute Gasteiger partial charge is 0.475 e. The molecule has 1 aliphatic rings. The van der Waals surface area contributed by atoms with Crippen LogP contribution in [0.25, 0.3) is 16.9 Å². The van der Waals surface area contributed by atoms with Crippen LogP contribution in [0.15, 0.2) is 24.4 Å². The van der Waals surface area contributed by atoms with Gasteiger partial charge in [-0.3, -0.25) is 0 Å². The number of nitrogens with zero attached hydrogens (tertiary/aromatic N) is 5. The average molecular weight is 371 g/mol. The Morgan fingerprint density at radius 1 is 1.27 bits per heavy atom. The number of pyridine rings is 1. The van der Waals surface area contributed by atoms with Gasteiger partial charge in [-0.2, -0.15) is 9.61 Å². The van der Waals surface area contributed by atoms with Crippen molar-refractivity contribution in [3.8, 4) is 17.1 Å². The number of aromatic nitrogens is 5. The Kier molecular flexibility index (Phi) is 3.74. The normalized spacial score (nSPS) is 18.5. The maximum absolute atomic E-state index is 14.1. The third-order valence-electron chi connectivity index (χ3n) is 3.96. The van der Waals surface area contributed by atoms with E-state index in [4.69, 9.17) is 4.74 Å². The molecule has 26 heavy (non-hydrogen) atoms. The number of hydrogen-bond acceptors (Lipinski definition) is 5. The van der Waals surface area contributed by atoms with Crippen molar-refractivity contribution in [2.75, 3.05) is 6.61 Å². The fourth-order valence-corrected chi connectivity index (χ4v) is 2.40. The van der Waals surface area contributed by atoms with Crippen LogP contribution in [0.3, 0.4) is 0 Å². The first-order valence-electron chi connectivity index (χ1n) is 7.52. The van der Waals surface area contributed by atoms with Gasteiger partial charge >= 0.3 is 0 Å². The van der Waals surface area contributed by atoms with E-state index in [-0.39, 0.29) is 29.9 Å². The van der Waals surface area contributed by atoms with Crippen LogP contribution in [0.4, 0.5) is 22.0 Å². The molecule has 1 fully saturated rings. The predicted molar refractivity (Wildman–Crippen MR) is 77.5 cm³/mol. The summed E-state index contributed by atoms with van der Waals surface area (Å²) in [6.07, 6.45) is -1.95. The van der Waals surface area contributed by atoms with E-state index in [2.05, 4.69) is 20.3 Å². The van der Waals surface area contributed by atoms with E-state index in [1.165, 1.54) is 18.3 Å². The Labute approximate surface area is 142 Å². The van der Waals surface area contributed by atoms with Gasteiger partial charge in [0.05, 0.1) is 18.2 Å². The highest BCUT2D eigenvalue weighted by molar-refractivity contribution is 5.59. The van der Waals surface area contributed by atoms with Crippen molar-refractivity contribution in [1.82, 2.24) is 24.8 Å². The molecule has 0 radical (unpaired) electrons. The van der Waals surface area contributed by atoms with E-state index in [9.17, 15) is 22.0 Å². The third-order valence-corrected chi connectivity index (χ3v) is 3.96. The molecule has 6 nitrogen and oxygen atoms in total. The summed E-state index contributed by atoms with van der Waals surface area (Å²) in [6.45, 7) is -0.334. The molecule has 1 atom stereocenters. The molecule has 0 saturated heterocycles. The quantitative estimate of drug-likeness (QED) is 0.644. The van der Waals surface area contributed by atoms with Gasteiger partial charge < -0.3 is 4.74 Å². The molecular formula is C15H10F5N5O. The van der Waals surface area contributed by atoms with Crippen molar-refractivity contribution in [1.29, 1.82) is 0 Å². The molecule has 0 amide bonds. The summed E-state index contributed by atoms with van der Waals surface area (Å²) in [6, 6.07) is 3.88. The molecule has 1 saturated carbocycles. The minimum atomic E-state index is -2.88. The fourth-order valence-electron chi connectivity index (χ4n) is 2.40. The van der Waals surface area contributed by atoms with Crippen LogP contribution < -0.4 is 4.74 Å². The second-order valence-electron chi connectivity index (χ2n) is 5.83. The van der Waals surface area contributed by atoms with Crippen molar-refractivity contribution >= 4 is 5.65 Å². The maximum Gasteiger partial charge on any atom is 0.299 e. The number of alkyl halides is 4. The summed E-state index contributed by atoms with van der Waals surface area (Å²) in [4.78, 5) is 3.76. The van der Waals surface area contributed by atoms with Crippen molar-refractivity contribution in [2.24, 2.45) is 5.92 Å². The molecule has 0 bridgehead atoms. The molecule has 3 aromatic rings. The van der Waals surface area contributed by atoms with Gasteiger partial charge in [-0.25, -0.2) is 26.9 Å². The minimum Gasteiger partial charge on any atom is -0.475 e. The lowest BCUT2D eigenvalue weighted by Gasteiger charge is -2.07.